The number of H-pyrrole nitrogens is 1. The van der Waals surface area contributed by atoms with Gasteiger partial charge in [-0.05, 0) is 35.4 Å². The summed E-state index contributed by atoms with van der Waals surface area (Å²) in [5.74, 6) is -1.40. The molecule has 0 saturated heterocycles. The first-order valence-electron chi connectivity index (χ1n) is 10.4. The predicted molar refractivity (Wildman–Crippen MR) is 133 cm³/mol. The quantitative estimate of drug-likeness (QED) is 0.226. The van der Waals surface area contributed by atoms with Crippen LogP contribution in [-0.2, 0) is 9.59 Å². The van der Waals surface area contributed by atoms with Crippen LogP contribution >= 0.6 is 0 Å². The Morgan fingerprint density at radius 1 is 0.765 bits per heavy atom. The molecule has 0 aliphatic rings. The SMILES string of the molecule is Nc1ccccc1-c1nc(-c2ccc(/C=C/C(=O)O)cc2)c(-c2ccc(/C=C/C(=O)O)cc2)[nH]1. The third kappa shape index (κ3) is 5.11. The number of imidazole rings is 1. The molecule has 1 heterocycles. The van der Waals surface area contributed by atoms with E-state index in [0.29, 0.717) is 17.2 Å². The van der Waals surface area contributed by atoms with Crippen molar-refractivity contribution < 1.29 is 19.8 Å². The summed E-state index contributed by atoms with van der Waals surface area (Å²) in [6, 6.07) is 22.3. The van der Waals surface area contributed by atoms with Gasteiger partial charge in [-0.25, -0.2) is 14.6 Å². The first-order valence-corrected chi connectivity index (χ1v) is 10.4. The Bertz CT molecular complexity index is 1310. The first kappa shape index (κ1) is 22.3. The minimum absolute atomic E-state index is 0.595. The topological polar surface area (TPSA) is 129 Å². The van der Waals surface area contributed by atoms with E-state index in [1.54, 1.807) is 0 Å². The number of anilines is 1. The van der Waals surface area contributed by atoms with Crippen LogP contribution in [0.25, 0.3) is 46.1 Å². The molecule has 0 aliphatic carbocycles. The molecule has 0 atom stereocenters. The van der Waals surface area contributed by atoms with Crippen LogP contribution in [0.2, 0.25) is 0 Å². The fraction of sp³-hybridized carbons (Fsp3) is 0. The molecule has 1 aromatic heterocycles. The summed E-state index contributed by atoms with van der Waals surface area (Å²) in [7, 11) is 0. The molecule has 7 heteroatoms. The molecule has 0 saturated carbocycles. The molecule has 0 bridgehead atoms. The largest absolute Gasteiger partial charge is 0.478 e. The van der Waals surface area contributed by atoms with Gasteiger partial charge in [-0.1, -0.05) is 60.7 Å². The molecular formula is C27H21N3O4. The van der Waals surface area contributed by atoms with Crippen molar-refractivity contribution in [2.24, 2.45) is 0 Å². The van der Waals surface area contributed by atoms with Crippen LogP contribution in [0.3, 0.4) is 0 Å². The minimum atomic E-state index is -1.01. The molecule has 0 amide bonds. The number of hydrogen-bond donors (Lipinski definition) is 4. The highest BCUT2D eigenvalue weighted by molar-refractivity contribution is 5.87. The average molecular weight is 451 g/mol. The van der Waals surface area contributed by atoms with Crippen molar-refractivity contribution in [1.29, 1.82) is 0 Å². The van der Waals surface area contributed by atoms with Crippen LogP contribution in [0, 0.1) is 0 Å². The average Bonchev–Trinajstić information content (AvgIpc) is 3.27. The molecule has 5 N–H and O–H groups in total. The number of benzene rings is 3. The number of aromatic nitrogens is 2. The van der Waals surface area contributed by atoms with Gasteiger partial charge in [0.05, 0.1) is 11.4 Å². The number of aliphatic carboxylic acids is 2. The molecule has 0 radical (unpaired) electrons. The maximum atomic E-state index is 10.8. The molecule has 3 aromatic carbocycles. The fourth-order valence-electron chi connectivity index (χ4n) is 3.48. The number of hydrogen-bond acceptors (Lipinski definition) is 4. The van der Waals surface area contributed by atoms with Crippen molar-refractivity contribution in [2.75, 3.05) is 5.73 Å². The van der Waals surface area contributed by atoms with Crippen LogP contribution in [0.4, 0.5) is 5.69 Å². The predicted octanol–water partition coefficient (Wildman–Crippen LogP) is 5.19. The molecule has 0 fully saturated rings. The number of carboxylic acids is 2. The maximum absolute atomic E-state index is 10.8. The van der Waals surface area contributed by atoms with Gasteiger partial charge in [0.25, 0.3) is 0 Å². The summed E-state index contributed by atoms with van der Waals surface area (Å²) in [4.78, 5) is 29.8. The van der Waals surface area contributed by atoms with Gasteiger partial charge in [-0.3, -0.25) is 0 Å². The number of nitrogens with zero attached hydrogens (tertiary/aromatic N) is 1. The Labute approximate surface area is 195 Å². The fourth-order valence-corrected chi connectivity index (χ4v) is 3.48. The monoisotopic (exact) mass is 451 g/mol. The van der Waals surface area contributed by atoms with E-state index in [1.807, 2.05) is 72.8 Å². The molecule has 4 aromatic rings. The second-order valence-electron chi connectivity index (χ2n) is 7.48. The molecule has 4 rings (SSSR count). The van der Waals surface area contributed by atoms with Gasteiger partial charge in [-0.15, -0.1) is 0 Å². The van der Waals surface area contributed by atoms with Crippen LogP contribution in [0.15, 0.2) is 84.9 Å². The molecule has 0 spiro atoms. The summed E-state index contributed by atoms with van der Waals surface area (Å²) in [6.45, 7) is 0. The number of nitrogen functional groups attached to an aromatic ring is 1. The van der Waals surface area contributed by atoms with Crippen LogP contribution in [0.1, 0.15) is 11.1 Å². The lowest BCUT2D eigenvalue weighted by molar-refractivity contribution is -0.132. The second-order valence-corrected chi connectivity index (χ2v) is 7.48. The van der Waals surface area contributed by atoms with E-state index in [1.165, 1.54) is 12.2 Å². The number of carboxylic acid groups (broad SMARTS) is 2. The summed E-state index contributed by atoms with van der Waals surface area (Å²) in [5, 5.41) is 17.7. The van der Waals surface area contributed by atoms with Crippen molar-refractivity contribution in [1.82, 2.24) is 9.97 Å². The van der Waals surface area contributed by atoms with Crippen molar-refractivity contribution in [3.05, 3.63) is 96.1 Å². The highest BCUT2D eigenvalue weighted by atomic mass is 16.4. The van der Waals surface area contributed by atoms with Crippen molar-refractivity contribution in [2.45, 2.75) is 0 Å². The Hall–Kier alpha value is -4.91. The van der Waals surface area contributed by atoms with Gasteiger partial charge in [0.15, 0.2) is 0 Å². The van der Waals surface area contributed by atoms with E-state index in [4.69, 9.17) is 20.9 Å². The van der Waals surface area contributed by atoms with Crippen LogP contribution in [0.5, 0.6) is 0 Å². The van der Waals surface area contributed by atoms with Gasteiger partial charge < -0.3 is 20.9 Å². The summed E-state index contributed by atoms with van der Waals surface area (Å²) in [5.41, 5.74) is 12.3. The number of para-hydroxylation sites is 1. The van der Waals surface area contributed by atoms with Crippen LogP contribution < -0.4 is 5.73 Å². The summed E-state index contributed by atoms with van der Waals surface area (Å²) < 4.78 is 0. The Morgan fingerprint density at radius 2 is 1.29 bits per heavy atom. The number of carbonyl (C=O) groups is 2. The summed E-state index contributed by atoms with van der Waals surface area (Å²) in [6.07, 6.45) is 5.23. The maximum Gasteiger partial charge on any atom is 0.328 e. The van der Waals surface area contributed by atoms with Crippen molar-refractivity contribution >= 4 is 29.8 Å². The highest BCUT2D eigenvalue weighted by Crippen LogP contribution is 2.35. The lowest BCUT2D eigenvalue weighted by Crippen LogP contribution is -1.90. The van der Waals surface area contributed by atoms with Gasteiger partial charge in [0.1, 0.15) is 5.82 Å². The summed E-state index contributed by atoms with van der Waals surface area (Å²) >= 11 is 0. The zero-order valence-corrected chi connectivity index (χ0v) is 18.0. The third-order valence-corrected chi connectivity index (χ3v) is 5.14. The number of aromatic amines is 1. The van der Waals surface area contributed by atoms with Crippen LogP contribution in [-0.4, -0.2) is 32.1 Å². The van der Waals surface area contributed by atoms with Gasteiger partial charge in [-0.2, -0.15) is 0 Å². The van der Waals surface area contributed by atoms with Crippen molar-refractivity contribution in [3.8, 4) is 33.9 Å². The normalized spacial score (nSPS) is 11.3. The highest BCUT2D eigenvalue weighted by Gasteiger charge is 2.16. The molecular weight excluding hydrogens is 430 g/mol. The third-order valence-electron chi connectivity index (χ3n) is 5.14. The van der Waals surface area contributed by atoms with E-state index < -0.39 is 11.9 Å². The second kappa shape index (κ2) is 9.70. The number of nitrogens with two attached hydrogens (primary N) is 1. The van der Waals surface area contributed by atoms with E-state index in [0.717, 1.165) is 45.7 Å². The van der Waals surface area contributed by atoms with E-state index >= 15 is 0 Å². The Kier molecular flexibility index (Phi) is 6.36. The first-order chi connectivity index (χ1) is 16.4. The zero-order valence-electron chi connectivity index (χ0n) is 18.0. The molecule has 168 valence electrons. The van der Waals surface area contributed by atoms with Gasteiger partial charge in [0.2, 0.25) is 0 Å². The van der Waals surface area contributed by atoms with E-state index in [2.05, 4.69) is 4.98 Å². The Balaban J connectivity index is 1.78. The number of rotatable bonds is 7. The zero-order chi connectivity index (χ0) is 24.1. The molecule has 0 aliphatic heterocycles. The van der Waals surface area contributed by atoms with Gasteiger partial charge in [0, 0.05) is 34.5 Å². The molecule has 7 nitrogen and oxygen atoms in total. The lowest BCUT2D eigenvalue weighted by Gasteiger charge is -2.05. The standard InChI is InChI=1S/C27H21N3O4/c28-22-4-2-1-3-21(22)27-29-25(19-11-5-17(6-12-19)9-15-23(31)32)26(30-27)20-13-7-18(8-14-20)10-16-24(33)34/h1-16H,28H2,(H,29,30)(H,31,32)(H,33,34)/b15-9+,16-10+. The smallest absolute Gasteiger partial charge is 0.328 e. The number of nitrogens with one attached hydrogen (secondary N) is 1. The Morgan fingerprint density at radius 3 is 1.82 bits per heavy atom. The lowest BCUT2D eigenvalue weighted by atomic mass is 10.0. The minimum Gasteiger partial charge on any atom is -0.478 e. The molecule has 34 heavy (non-hydrogen) atoms. The van der Waals surface area contributed by atoms with E-state index in [-0.39, 0.29) is 0 Å². The van der Waals surface area contributed by atoms with Gasteiger partial charge >= 0.3 is 11.9 Å². The molecule has 0 unspecified atom stereocenters. The van der Waals surface area contributed by atoms with E-state index in [9.17, 15) is 9.59 Å². The van der Waals surface area contributed by atoms with Crippen molar-refractivity contribution in [3.63, 3.8) is 0 Å².